The van der Waals surface area contributed by atoms with E-state index in [1.807, 2.05) is 0 Å². The number of nitrogens with zero attached hydrogens (tertiary/aromatic N) is 1. The van der Waals surface area contributed by atoms with Gasteiger partial charge in [0.05, 0.1) is 0 Å². The SMILES string of the molecule is Cc1cc(C)c(CN2CCCC(CCC(=O)O)C2)cc1C. The van der Waals surface area contributed by atoms with Crippen LogP contribution < -0.4 is 0 Å². The molecule has 1 atom stereocenters. The predicted molar refractivity (Wildman–Crippen MR) is 85.5 cm³/mol. The molecule has 21 heavy (non-hydrogen) atoms. The van der Waals surface area contributed by atoms with Crippen molar-refractivity contribution in [2.75, 3.05) is 13.1 Å². The highest BCUT2D eigenvalue weighted by Crippen LogP contribution is 2.24. The monoisotopic (exact) mass is 289 g/mol. The zero-order valence-electron chi connectivity index (χ0n) is 13.5. The number of benzene rings is 1. The fourth-order valence-electron chi connectivity index (χ4n) is 3.29. The van der Waals surface area contributed by atoms with Gasteiger partial charge in [-0.15, -0.1) is 0 Å². The molecule has 3 heteroatoms. The van der Waals surface area contributed by atoms with Crippen LogP contribution in [0.25, 0.3) is 0 Å². The summed E-state index contributed by atoms with van der Waals surface area (Å²) in [6.45, 7) is 9.69. The van der Waals surface area contributed by atoms with Gasteiger partial charge in [-0.25, -0.2) is 0 Å². The van der Waals surface area contributed by atoms with Gasteiger partial charge in [0.15, 0.2) is 0 Å². The van der Waals surface area contributed by atoms with Crippen LogP contribution in [0.2, 0.25) is 0 Å². The van der Waals surface area contributed by atoms with Gasteiger partial charge >= 0.3 is 5.97 Å². The molecule has 2 rings (SSSR count). The van der Waals surface area contributed by atoms with Crippen LogP contribution in [-0.2, 0) is 11.3 Å². The molecule has 1 aromatic rings. The van der Waals surface area contributed by atoms with Crippen LogP contribution in [0.15, 0.2) is 12.1 Å². The van der Waals surface area contributed by atoms with E-state index < -0.39 is 5.97 Å². The van der Waals surface area contributed by atoms with E-state index in [1.165, 1.54) is 35.1 Å². The fraction of sp³-hybridized carbons (Fsp3) is 0.611. The van der Waals surface area contributed by atoms with Crippen molar-refractivity contribution in [1.29, 1.82) is 0 Å². The second-order valence-electron chi connectivity index (χ2n) is 6.54. The Morgan fingerprint density at radius 2 is 1.95 bits per heavy atom. The summed E-state index contributed by atoms with van der Waals surface area (Å²) in [4.78, 5) is 13.2. The first-order valence-corrected chi connectivity index (χ1v) is 7.96. The Hall–Kier alpha value is -1.35. The first kappa shape index (κ1) is 16.0. The summed E-state index contributed by atoms with van der Waals surface area (Å²) < 4.78 is 0. The van der Waals surface area contributed by atoms with Gasteiger partial charge in [0.25, 0.3) is 0 Å². The molecule has 1 aliphatic heterocycles. The third kappa shape index (κ3) is 4.57. The summed E-state index contributed by atoms with van der Waals surface area (Å²) in [7, 11) is 0. The second kappa shape index (κ2) is 7.08. The number of hydrogen-bond donors (Lipinski definition) is 1. The van der Waals surface area contributed by atoms with Crippen molar-refractivity contribution in [2.24, 2.45) is 5.92 Å². The predicted octanol–water partition coefficient (Wildman–Crippen LogP) is 3.69. The van der Waals surface area contributed by atoms with Crippen LogP contribution in [0.5, 0.6) is 0 Å². The van der Waals surface area contributed by atoms with E-state index in [9.17, 15) is 4.79 Å². The lowest BCUT2D eigenvalue weighted by molar-refractivity contribution is -0.137. The van der Waals surface area contributed by atoms with E-state index in [2.05, 4.69) is 37.8 Å². The molecule has 3 nitrogen and oxygen atoms in total. The Kier molecular flexibility index (Phi) is 5.40. The Morgan fingerprint density at radius 3 is 2.67 bits per heavy atom. The molecule has 0 aromatic heterocycles. The highest BCUT2D eigenvalue weighted by atomic mass is 16.4. The smallest absolute Gasteiger partial charge is 0.303 e. The van der Waals surface area contributed by atoms with Gasteiger partial charge in [0, 0.05) is 19.5 Å². The van der Waals surface area contributed by atoms with E-state index in [0.717, 1.165) is 26.1 Å². The third-order valence-corrected chi connectivity index (χ3v) is 4.72. The standard InChI is InChI=1S/C18H27NO2/c1-13-9-15(3)17(10-14(13)2)12-19-8-4-5-16(11-19)6-7-18(20)21/h9-10,16H,4-8,11-12H2,1-3H3,(H,20,21). The summed E-state index contributed by atoms with van der Waals surface area (Å²) >= 11 is 0. The molecular weight excluding hydrogens is 262 g/mol. The minimum atomic E-state index is -0.669. The summed E-state index contributed by atoms with van der Waals surface area (Å²) in [6.07, 6.45) is 3.49. The van der Waals surface area contributed by atoms with Crippen LogP contribution in [0.1, 0.15) is 47.9 Å². The van der Waals surface area contributed by atoms with E-state index in [-0.39, 0.29) is 0 Å². The molecule has 1 heterocycles. The van der Waals surface area contributed by atoms with Gasteiger partial charge in [-0.05, 0) is 74.8 Å². The van der Waals surface area contributed by atoms with Crippen molar-refractivity contribution in [3.05, 3.63) is 34.4 Å². The van der Waals surface area contributed by atoms with Crippen LogP contribution >= 0.6 is 0 Å². The Labute approximate surface area is 128 Å². The third-order valence-electron chi connectivity index (χ3n) is 4.72. The molecule has 0 radical (unpaired) electrons. The zero-order chi connectivity index (χ0) is 15.4. The number of carbonyl (C=O) groups is 1. The van der Waals surface area contributed by atoms with Crippen molar-refractivity contribution in [2.45, 2.75) is 53.0 Å². The molecule has 0 saturated carbocycles. The topological polar surface area (TPSA) is 40.5 Å². The minimum absolute atomic E-state index is 0.307. The number of piperidine rings is 1. The number of aliphatic carboxylic acids is 1. The second-order valence-corrected chi connectivity index (χ2v) is 6.54. The summed E-state index contributed by atoms with van der Waals surface area (Å²) in [5.74, 6) is -0.126. The Morgan fingerprint density at radius 1 is 1.24 bits per heavy atom. The lowest BCUT2D eigenvalue weighted by atomic mass is 9.92. The minimum Gasteiger partial charge on any atom is -0.481 e. The van der Waals surface area contributed by atoms with Gasteiger partial charge in [-0.1, -0.05) is 12.1 Å². The van der Waals surface area contributed by atoms with Crippen LogP contribution in [-0.4, -0.2) is 29.1 Å². The maximum Gasteiger partial charge on any atom is 0.303 e. The van der Waals surface area contributed by atoms with Crippen LogP contribution in [0, 0.1) is 26.7 Å². The van der Waals surface area contributed by atoms with E-state index in [4.69, 9.17) is 5.11 Å². The van der Waals surface area contributed by atoms with E-state index in [1.54, 1.807) is 0 Å². The molecule has 1 aliphatic rings. The van der Waals surface area contributed by atoms with Crippen LogP contribution in [0.4, 0.5) is 0 Å². The Balaban J connectivity index is 1.96. The molecular formula is C18H27NO2. The maximum absolute atomic E-state index is 10.7. The van der Waals surface area contributed by atoms with Gasteiger partial charge in [-0.3, -0.25) is 9.69 Å². The molecule has 1 fully saturated rings. The molecule has 1 saturated heterocycles. The van der Waals surface area contributed by atoms with Crippen molar-refractivity contribution in [1.82, 2.24) is 4.90 Å². The normalized spacial score (nSPS) is 19.7. The number of likely N-dealkylation sites (tertiary alicyclic amines) is 1. The largest absolute Gasteiger partial charge is 0.481 e. The summed E-state index contributed by atoms with van der Waals surface area (Å²) in [6, 6.07) is 4.59. The molecule has 0 bridgehead atoms. The quantitative estimate of drug-likeness (QED) is 0.898. The number of aryl methyl sites for hydroxylation is 3. The number of carboxylic acid groups (broad SMARTS) is 1. The molecule has 1 aromatic carbocycles. The summed E-state index contributed by atoms with van der Waals surface area (Å²) in [5, 5.41) is 8.82. The molecule has 0 aliphatic carbocycles. The average molecular weight is 289 g/mol. The molecule has 116 valence electrons. The van der Waals surface area contributed by atoms with Gasteiger partial charge in [-0.2, -0.15) is 0 Å². The molecule has 1 N–H and O–H groups in total. The molecule has 1 unspecified atom stereocenters. The van der Waals surface area contributed by atoms with Crippen molar-refractivity contribution in [3.63, 3.8) is 0 Å². The number of hydrogen-bond acceptors (Lipinski definition) is 2. The Bertz CT molecular complexity index is 510. The van der Waals surface area contributed by atoms with Gasteiger partial charge < -0.3 is 5.11 Å². The highest BCUT2D eigenvalue weighted by molar-refractivity contribution is 5.66. The number of rotatable bonds is 5. The highest BCUT2D eigenvalue weighted by Gasteiger charge is 2.21. The summed E-state index contributed by atoms with van der Waals surface area (Å²) in [5.41, 5.74) is 5.49. The van der Waals surface area contributed by atoms with Crippen LogP contribution in [0.3, 0.4) is 0 Å². The first-order chi connectivity index (χ1) is 9.95. The first-order valence-electron chi connectivity index (χ1n) is 7.96. The lowest BCUT2D eigenvalue weighted by Crippen LogP contribution is -2.35. The molecule has 0 spiro atoms. The lowest BCUT2D eigenvalue weighted by Gasteiger charge is -2.33. The van der Waals surface area contributed by atoms with Crippen molar-refractivity contribution >= 4 is 5.97 Å². The van der Waals surface area contributed by atoms with E-state index >= 15 is 0 Å². The fourth-order valence-corrected chi connectivity index (χ4v) is 3.29. The van der Waals surface area contributed by atoms with Crippen molar-refractivity contribution < 1.29 is 9.90 Å². The number of carboxylic acids is 1. The van der Waals surface area contributed by atoms with E-state index in [0.29, 0.717) is 12.3 Å². The zero-order valence-corrected chi connectivity index (χ0v) is 13.5. The van der Waals surface area contributed by atoms with Crippen molar-refractivity contribution in [3.8, 4) is 0 Å². The maximum atomic E-state index is 10.7. The van der Waals surface area contributed by atoms with Gasteiger partial charge in [0.1, 0.15) is 0 Å². The van der Waals surface area contributed by atoms with Gasteiger partial charge in [0.2, 0.25) is 0 Å². The molecule has 0 amide bonds. The average Bonchev–Trinajstić information content (AvgIpc) is 2.43.